The predicted molar refractivity (Wildman–Crippen MR) is 151 cm³/mol. The molecule has 8 nitrogen and oxygen atoms in total. The first-order valence-electron chi connectivity index (χ1n) is 13.4. The first-order valence-corrected chi connectivity index (χ1v) is 14.2. The lowest BCUT2D eigenvalue weighted by Gasteiger charge is -2.34. The smallest absolute Gasteiger partial charge is 0.322 e. The first kappa shape index (κ1) is 27.5. The lowest BCUT2D eigenvalue weighted by atomic mass is 9.95. The summed E-state index contributed by atoms with van der Waals surface area (Å²) in [6.45, 7) is 6.87. The van der Waals surface area contributed by atoms with Gasteiger partial charge in [-0.15, -0.1) is 0 Å². The Morgan fingerprint density at radius 2 is 1.82 bits per heavy atom. The number of hydrogen-bond acceptors (Lipinski definition) is 4. The van der Waals surface area contributed by atoms with Crippen LogP contribution < -0.4 is 10.6 Å². The molecule has 3 aliphatic rings. The minimum atomic E-state index is -0.721. The van der Waals surface area contributed by atoms with Crippen molar-refractivity contribution in [1.29, 1.82) is 0 Å². The summed E-state index contributed by atoms with van der Waals surface area (Å²) in [4.78, 5) is 45.5. The van der Waals surface area contributed by atoms with Gasteiger partial charge in [0.25, 0.3) is 5.91 Å². The monoisotopic (exact) mass is 569 g/mol. The molecule has 3 aliphatic heterocycles. The van der Waals surface area contributed by atoms with Crippen LogP contribution in [0.3, 0.4) is 0 Å². The maximum absolute atomic E-state index is 13.8. The summed E-state index contributed by atoms with van der Waals surface area (Å²) >= 11 is 12.5. The summed E-state index contributed by atoms with van der Waals surface area (Å²) in [5, 5.41) is 6.91. The van der Waals surface area contributed by atoms with E-state index in [0.29, 0.717) is 33.4 Å². The van der Waals surface area contributed by atoms with Crippen LogP contribution in [0.2, 0.25) is 10.0 Å². The molecule has 0 radical (unpaired) electrons. The van der Waals surface area contributed by atoms with Gasteiger partial charge in [-0.3, -0.25) is 19.4 Å². The van der Waals surface area contributed by atoms with Crippen LogP contribution in [0.4, 0.5) is 4.79 Å². The minimum Gasteiger partial charge on any atom is -0.351 e. The van der Waals surface area contributed by atoms with Gasteiger partial charge in [0, 0.05) is 42.3 Å². The van der Waals surface area contributed by atoms with Crippen LogP contribution >= 0.6 is 23.2 Å². The standard InChI is InChI=1S/C29H33Cl2N5O3/c1-3-35-24-17-36(28(38)25(24)26(33-29(35)39)22-10-9-20(30)15-23(22)31)18(2)27(37)32-21-11-13-34(14-12-21)16-19-7-5-4-6-8-19/h4-10,15,18,21,26H,3,11-14,16-17H2,1-2H3,(H,32,37)(H,33,39)/t18-,26+/m1/s1. The van der Waals surface area contributed by atoms with Crippen LogP contribution in [0.5, 0.6) is 0 Å². The molecule has 0 aromatic heterocycles. The van der Waals surface area contributed by atoms with Gasteiger partial charge in [-0.1, -0.05) is 59.6 Å². The zero-order chi connectivity index (χ0) is 27.7. The number of rotatable bonds is 7. The third-order valence-corrected chi connectivity index (χ3v) is 8.43. The molecule has 0 unspecified atom stereocenters. The predicted octanol–water partition coefficient (Wildman–Crippen LogP) is 4.35. The first-order chi connectivity index (χ1) is 18.8. The molecule has 2 aromatic carbocycles. The van der Waals surface area contributed by atoms with E-state index in [1.165, 1.54) is 5.56 Å². The van der Waals surface area contributed by atoms with E-state index in [2.05, 4.69) is 27.7 Å². The van der Waals surface area contributed by atoms with E-state index < -0.39 is 12.1 Å². The van der Waals surface area contributed by atoms with E-state index in [4.69, 9.17) is 23.2 Å². The number of halogens is 2. The Bertz CT molecular complexity index is 1290. The molecule has 0 aliphatic carbocycles. The highest BCUT2D eigenvalue weighted by atomic mass is 35.5. The fourth-order valence-corrected chi connectivity index (χ4v) is 6.19. The van der Waals surface area contributed by atoms with Crippen molar-refractivity contribution in [2.24, 2.45) is 0 Å². The van der Waals surface area contributed by atoms with E-state index in [-0.39, 0.29) is 30.4 Å². The topological polar surface area (TPSA) is 85.0 Å². The highest BCUT2D eigenvalue weighted by Gasteiger charge is 2.46. The number of carbonyl (C=O) groups is 3. The number of hydrogen-bond donors (Lipinski definition) is 2. The van der Waals surface area contributed by atoms with Gasteiger partial charge in [0.1, 0.15) is 6.04 Å². The van der Waals surface area contributed by atoms with Crippen LogP contribution in [0.15, 0.2) is 59.8 Å². The number of likely N-dealkylation sites (N-methyl/N-ethyl adjacent to an activating group) is 1. The molecule has 1 fully saturated rings. The van der Waals surface area contributed by atoms with Gasteiger partial charge in [-0.25, -0.2) is 4.79 Å². The maximum Gasteiger partial charge on any atom is 0.322 e. The molecule has 2 aromatic rings. The summed E-state index contributed by atoms with van der Waals surface area (Å²) in [5.41, 5.74) is 2.92. The van der Waals surface area contributed by atoms with Crippen molar-refractivity contribution in [2.45, 2.75) is 51.4 Å². The number of likely N-dealkylation sites (tertiary alicyclic amines) is 1. The van der Waals surface area contributed by atoms with Crippen molar-refractivity contribution in [3.63, 3.8) is 0 Å². The molecule has 5 rings (SSSR count). The van der Waals surface area contributed by atoms with E-state index in [1.54, 1.807) is 34.9 Å². The Hall–Kier alpha value is -3.07. The van der Waals surface area contributed by atoms with Crippen molar-refractivity contribution >= 4 is 41.0 Å². The second kappa shape index (κ2) is 11.6. The molecule has 4 amide bonds. The van der Waals surface area contributed by atoms with E-state index in [1.807, 2.05) is 25.1 Å². The number of carbonyl (C=O) groups excluding carboxylic acids is 3. The number of benzene rings is 2. The summed E-state index contributed by atoms with van der Waals surface area (Å²) in [6, 6.07) is 13.7. The quantitative estimate of drug-likeness (QED) is 0.519. The SMILES string of the molecule is CCN1C(=O)N[C@@H](c2ccc(Cl)cc2Cl)C2=C1CN([C@H](C)C(=O)NC1CCN(Cc3ccccc3)CC1)C2=O. The molecule has 206 valence electrons. The lowest BCUT2D eigenvalue weighted by Crippen LogP contribution is -2.52. The van der Waals surface area contributed by atoms with Crippen molar-refractivity contribution in [2.75, 3.05) is 26.2 Å². The largest absolute Gasteiger partial charge is 0.351 e. The van der Waals surface area contributed by atoms with Crippen LogP contribution in [0.1, 0.15) is 43.9 Å². The molecule has 2 N–H and O–H groups in total. The van der Waals surface area contributed by atoms with Gasteiger partial charge in [-0.05, 0) is 49.9 Å². The molecular weight excluding hydrogens is 537 g/mol. The Kier molecular flexibility index (Phi) is 8.16. The Morgan fingerprint density at radius 1 is 1.10 bits per heavy atom. The van der Waals surface area contributed by atoms with Gasteiger partial charge < -0.3 is 15.5 Å². The summed E-state index contributed by atoms with van der Waals surface area (Å²) in [7, 11) is 0. The molecular formula is C29H33Cl2N5O3. The zero-order valence-corrected chi connectivity index (χ0v) is 23.6. The van der Waals surface area contributed by atoms with Crippen LogP contribution in [-0.2, 0) is 16.1 Å². The highest BCUT2D eigenvalue weighted by molar-refractivity contribution is 6.35. The number of amides is 4. The van der Waals surface area contributed by atoms with Gasteiger partial charge in [-0.2, -0.15) is 0 Å². The van der Waals surface area contributed by atoms with Gasteiger partial charge in [0.05, 0.1) is 23.9 Å². The van der Waals surface area contributed by atoms with Crippen molar-refractivity contribution in [3.05, 3.63) is 81.0 Å². The fourth-order valence-electron chi connectivity index (χ4n) is 5.67. The molecule has 3 heterocycles. The van der Waals surface area contributed by atoms with Gasteiger partial charge >= 0.3 is 6.03 Å². The second-order valence-electron chi connectivity index (χ2n) is 10.3. The van der Waals surface area contributed by atoms with E-state index in [9.17, 15) is 14.4 Å². The third-order valence-electron chi connectivity index (χ3n) is 7.87. The lowest BCUT2D eigenvalue weighted by molar-refractivity contribution is -0.136. The molecule has 0 saturated carbocycles. The summed E-state index contributed by atoms with van der Waals surface area (Å²) < 4.78 is 0. The molecule has 0 spiro atoms. The Labute approximate surface area is 238 Å². The number of urea groups is 1. The molecule has 2 atom stereocenters. The average molecular weight is 571 g/mol. The van der Waals surface area contributed by atoms with Crippen LogP contribution in [0.25, 0.3) is 0 Å². The minimum absolute atomic E-state index is 0.0586. The average Bonchev–Trinajstić information content (AvgIpc) is 3.26. The third kappa shape index (κ3) is 5.64. The van der Waals surface area contributed by atoms with Crippen molar-refractivity contribution in [3.8, 4) is 0 Å². The molecule has 0 bridgehead atoms. The Morgan fingerprint density at radius 3 is 2.49 bits per heavy atom. The molecule has 1 saturated heterocycles. The normalized spacial score (nSPS) is 21.2. The number of nitrogens with zero attached hydrogens (tertiary/aromatic N) is 3. The van der Waals surface area contributed by atoms with Crippen LogP contribution in [0, 0.1) is 0 Å². The van der Waals surface area contributed by atoms with Crippen LogP contribution in [-0.4, -0.2) is 70.8 Å². The highest BCUT2D eigenvalue weighted by Crippen LogP contribution is 2.39. The fraction of sp³-hybridized carbons (Fsp3) is 0.414. The maximum atomic E-state index is 13.8. The van der Waals surface area contributed by atoms with Gasteiger partial charge in [0.15, 0.2) is 0 Å². The molecule has 10 heteroatoms. The number of nitrogens with one attached hydrogen (secondary N) is 2. The van der Waals surface area contributed by atoms with Crippen molar-refractivity contribution in [1.82, 2.24) is 25.3 Å². The van der Waals surface area contributed by atoms with E-state index in [0.717, 1.165) is 32.5 Å². The van der Waals surface area contributed by atoms with E-state index >= 15 is 0 Å². The summed E-state index contributed by atoms with van der Waals surface area (Å²) in [6.07, 6.45) is 1.71. The van der Waals surface area contributed by atoms with Gasteiger partial charge in [0.2, 0.25) is 5.91 Å². The van der Waals surface area contributed by atoms with Crippen molar-refractivity contribution < 1.29 is 14.4 Å². The number of piperidine rings is 1. The molecule has 39 heavy (non-hydrogen) atoms. The second-order valence-corrected chi connectivity index (χ2v) is 11.2. The zero-order valence-electron chi connectivity index (χ0n) is 22.1. The Balaban J connectivity index is 1.25. The summed E-state index contributed by atoms with van der Waals surface area (Å²) in [5.74, 6) is -0.465.